The molecule has 1 atom stereocenters. The van der Waals surface area contributed by atoms with Crippen molar-refractivity contribution in [3.63, 3.8) is 0 Å². The standard InChI is InChI=1S/C28H29N3O4/c1-3-34-22-14-12-21(13-15-22)31-19-20(18-27(31)32)28-29-23-8-4-5-9-24(23)30(28)16-17-35-26-11-7-6-10-25(26)33-2/h4-15,20H,3,16-19H2,1-2H3/t20-/m1/s1. The summed E-state index contributed by atoms with van der Waals surface area (Å²) in [5.74, 6) is 3.22. The Morgan fingerprint density at radius 1 is 0.943 bits per heavy atom. The van der Waals surface area contributed by atoms with Crippen molar-refractivity contribution < 1.29 is 19.0 Å². The molecule has 4 aromatic rings. The van der Waals surface area contributed by atoms with Crippen molar-refractivity contribution in [3.05, 3.63) is 78.6 Å². The number of hydrogen-bond donors (Lipinski definition) is 0. The van der Waals surface area contributed by atoms with E-state index in [1.165, 1.54) is 0 Å². The minimum absolute atomic E-state index is 0.00673. The van der Waals surface area contributed by atoms with Crippen LogP contribution in [0.25, 0.3) is 11.0 Å². The molecule has 1 fully saturated rings. The number of anilines is 1. The highest BCUT2D eigenvalue weighted by Crippen LogP contribution is 2.34. The summed E-state index contributed by atoms with van der Waals surface area (Å²) < 4.78 is 19.2. The number of benzene rings is 3. The Morgan fingerprint density at radius 3 is 2.46 bits per heavy atom. The molecule has 1 amide bonds. The molecule has 0 spiro atoms. The topological polar surface area (TPSA) is 65.8 Å². The zero-order chi connectivity index (χ0) is 24.2. The van der Waals surface area contributed by atoms with Crippen molar-refractivity contribution in [1.82, 2.24) is 9.55 Å². The van der Waals surface area contributed by atoms with Crippen molar-refractivity contribution in [1.29, 1.82) is 0 Å². The minimum Gasteiger partial charge on any atom is -0.494 e. The van der Waals surface area contributed by atoms with Gasteiger partial charge in [0.25, 0.3) is 0 Å². The van der Waals surface area contributed by atoms with Gasteiger partial charge in [0, 0.05) is 24.6 Å². The van der Waals surface area contributed by atoms with E-state index >= 15 is 0 Å². The van der Waals surface area contributed by atoms with Gasteiger partial charge in [-0.2, -0.15) is 0 Å². The number of methoxy groups -OCH3 is 1. The number of imidazole rings is 1. The van der Waals surface area contributed by atoms with Gasteiger partial charge >= 0.3 is 0 Å². The highest BCUT2D eigenvalue weighted by molar-refractivity contribution is 5.96. The third-order valence-corrected chi connectivity index (χ3v) is 6.28. The van der Waals surface area contributed by atoms with Gasteiger partial charge in [-0.15, -0.1) is 0 Å². The number of fused-ring (bicyclic) bond motifs is 1. The number of hydrogen-bond acceptors (Lipinski definition) is 5. The van der Waals surface area contributed by atoms with E-state index in [0.29, 0.717) is 44.2 Å². The molecule has 2 heterocycles. The maximum Gasteiger partial charge on any atom is 0.227 e. The molecule has 0 radical (unpaired) electrons. The summed E-state index contributed by atoms with van der Waals surface area (Å²) >= 11 is 0. The Labute approximate surface area is 204 Å². The molecule has 7 nitrogen and oxygen atoms in total. The fraction of sp³-hybridized carbons (Fsp3) is 0.286. The molecular formula is C28H29N3O4. The van der Waals surface area contributed by atoms with Crippen LogP contribution in [-0.2, 0) is 11.3 Å². The number of carbonyl (C=O) groups is 1. The van der Waals surface area contributed by atoms with Crippen LogP contribution in [0.3, 0.4) is 0 Å². The Hall–Kier alpha value is -4.00. The lowest BCUT2D eigenvalue weighted by atomic mass is 10.1. The van der Waals surface area contributed by atoms with Crippen LogP contribution in [0.4, 0.5) is 5.69 Å². The van der Waals surface area contributed by atoms with Gasteiger partial charge in [0.1, 0.15) is 18.2 Å². The summed E-state index contributed by atoms with van der Waals surface area (Å²) in [6.45, 7) is 4.22. The molecule has 0 unspecified atom stereocenters. The van der Waals surface area contributed by atoms with Crippen LogP contribution >= 0.6 is 0 Å². The third kappa shape index (κ3) is 4.67. The van der Waals surface area contributed by atoms with Crippen LogP contribution in [0.2, 0.25) is 0 Å². The van der Waals surface area contributed by atoms with Crippen molar-refractivity contribution in [2.45, 2.75) is 25.8 Å². The second-order valence-corrected chi connectivity index (χ2v) is 8.44. The van der Waals surface area contributed by atoms with Gasteiger partial charge in [-0.25, -0.2) is 4.98 Å². The lowest BCUT2D eigenvalue weighted by Gasteiger charge is -2.18. The van der Waals surface area contributed by atoms with Gasteiger partial charge < -0.3 is 23.7 Å². The summed E-state index contributed by atoms with van der Waals surface area (Å²) in [5.41, 5.74) is 2.84. The number of carbonyl (C=O) groups excluding carboxylic acids is 1. The van der Waals surface area contributed by atoms with E-state index in [1.807, 2.05) is 78.6 Å². The predicted molar refractivity (Wildman–Crippen MR) is 136 cm³/mol. The maximum atomic E-state index is 13.0. The Morgan fingerprint density at radius 2 is 1.69 bits per heavy atom. The van der Waals surface area contributed by atoms with E-state index < -0.39 is 0 Å². The Kier molecular flexibility index (Phi) is 6.57. The first-order chi connectivity index (χ1) is 17.2. The van der Waals surface area contributed by atoms with Crippen LogP contribution in [0.5, 0.6) is 17.2 Å². The highest BCUT2D eigenvalue weighted by atomic mass is 16.5. The molecule has 1 aliphatic rings. The van der Waals surface area contributed by atoms with Crippen molar-refractivity contribution >= 4 is 22.6 Å². The van der Waals surface area contributed by atoms with Gasteiger partial charge in [-0.05, 0) is 55.5 Å². The van der Waals surface area contributed by atoms with Crippen LogP contribution in [0.1, 0.15) is 25.1 Å². The third-order valence-electron chi connectivity index (χ3n) is 6.28. The smallest absolute Gasteiger partial charge is 0.227 e. The molecule has 5 rings (SSSR count). The van der Waals surface area contributed by atoms with Crippen molar-refractivity contribution in [3.8, 4) is 17.2 Å². The number of ether oxygens (including phenoxy) is 3. The molecule has 1 aromatic heterocycles. The lowest BCUT2D eigenvalue weighted by Crippen LogP contribution is -2.24. The van der Waals surface area contributed by atoms with Crippen LogP contribution in [0, 0.1) is 0 Å². The zero-order valence-electron chi connectivity index (χ0n) is 20.0. The van der Waals surface area contributed by atoms with Gasteiger partial charge in [0.05, 0.1) is 31.3 Å². The first-order valence-corrected chi connectivity index (χ1v) is 11.9. The van der Waals surface area contributed by atoms with Crippen molar-refractivity contribution in [2.75, 3.05) is 31.8 Å². The summed E-state index contributed by atoms with van der Waals surface area (Å²) in [6, 6.07) is 23.4. The Bertz CT molecular complexity index is 1320. The van der Waals surface area contributed by atoms with E-state index in [4.69, 9.17) is 19.2 Å². The first kappa shape index (κ1) is 22.8. The van der Waals surface area contributed by atoms with Gasteiger partial charge in [-0.3, -0.25) is 4.79 Å². The number of amides is 1. The van der Waals surface area contributed by atoms with Gasteiger partial charge in [0.15, 0.2) is 11.5 Å². The molecule has 0 aliphatic carbocycles. The second kappa shape index (κ2) is 10.1. The lowest BCUT2D eigenvalue weighted by molar-refractivity contribution is -0.117. The Balaban J connectivity index is 1.37. The predicted octanol–water partition coefficient (Wildman–Crippen LogP) is 5.04. The van der Waals surface area contributed by atoms with E-state index in [1.54, 1.807) is 7.11 Å². The molecule has 0 bridgehead atoms. The van der Waals surface area contributed by atoms with Gasteiger partial charge in [0.2, 0.25) is 5.91 Å². The first-order valence-electron chi connectivity index (χ1n) is 11.9. The number of nitrogens with zero attached hydrogens (tertiary/aromatic N) is 3. The minimum atomic E-state index is -0.00673. The molecular weight excluding hydrogens is 442 g/mol. The molecule has 3 aromatic carbocycles. The highest BCUT2D eigenvalue weighted by Gasteiger charge is 2.34. The average Bonchev–Trinajstić information content (AvgIpc) is 3.45. The quantitative estimate of drug-likeness (QED) is 0.342. The summed E-state index contributed by atoms with van der Waals surface area (Å²) in [7, 11) is 1.64. The molecule has 0 saturated carbocycles. The fourth-order valence-corrected chi connectivity index (χ4v) is 4.64. The van der Waals surface area contributed by atoms with E-state index in [0.717, 1.165) is 28.3 Å². The maximum absolute atomic E-state index is 13.0. The molecule has 1 saturated heterocycles. The SMILES string of the molecule is CCOc1ccc(N2C[C@H](c3nc4ccccc4n3CCOc3ccccc3OC)CC2=O)cc1. The number of rotatable bonds is 9. The van der Waals surface area contributed by atoms with E-state index in [2.05, 4.69) is 10.6 Å². The molecule has 1 aliphatic heterocycles. The molecule has 7 heteroatoms. The number of aromatic nitrogens is 2. The normalized spacial score (nSPS) is 15.5. The van der Waals surface area contributed by atoms with Gasteiger partial charge in [-0.1, -0.05) is 24.3 Å². The summed E-state index contributed by atoms with van der Waals surface area (Å²) in [4.78, 5) is 19.8. The summed E-state index contributed by atoms with van der Waals surface area (Å²) in [5, 5.41) is 0. The largest absolute Gasteiger partial charge is 0.494 e. The summed E-state index contributed by atoms with van der Waals surface area (Å²) in [6.07, 6.45) is 0.421. The zero-order valence-corrected chi connectivity index (χ0v) is 20.0. The molecule has 0 N–H and O–H groups in total. The number of para-hydroxylation sites is 4. The van der Waals surface area contributed by atoms with E-state index in [-0.39, 0.29) is 11.8 Å². The fourth-order valence-electron chi connectivity index (χ4n) is 4.64. The van der Waals surface area contributed by atoms with Crippen LogP contribution in [0.15, 0.2) is 72.8 Å². The van der Waals surface area contributed by atoms with Crippen LogP contribution < -0.4 is 19.1 Å². The second-order valence-electron chi connectivity index (χ2n) is 8.44. The van der Waals surface area contributed by atoms with Crippen molar-refractivity contribution in [2.24, 2.45) is 0 Å². The van der Waals surface area contributed by atoms with Crippen LogP contribution in [-0.4, -0.2) is 42.3 Å². The monoisotopic (exact) mass is 471 g/mol. The average molecular weight is 472 g/mol. The molecule has 35 heavy (non-hydrogen) atoms. The van der Waals surface area contributed by atoms with E-state index in [9.17, 15) is 4.79 Å². The molecule has 180 valence electrons.